The van der Waals surface area contributed by atoms with E-state index in [2.05, 4.69) is 10.2 Å². The van der Waals surface area contributed by atoms with Crippen LogP contribution in [-0.4, -0.2) is 100 Å². The number of amides is 5. The van der Waals surface area contributed by atoms with E-state index in [1.165, 1.54) is 4.90 Å². The molecular formula is C23H37N5O4. The normalized spacial score (nSPS) is 25.7. The monoisotopic (exact) mass is 447 g/mol. The number of carbonyl (C=O) groups is 4. The summed E-state index contributed by atoms with van der Waals surface area (Å²) in [5, 5.41) is 2.96. The molecule has 0 aliphatic carbocycles. The molecule has 4 aliphatic rings. The Morgan fingerprint density at radius 2 is 1.44 bits per heavy atom. The van der Waals surface area contributed by atoms with Gasteiger partial charge in [0.25, 0.3) is 5.91 Å². The Morgan fingerprint density at radius 3 is 2.00 bits per heavy atom. The van der Waals surface area contributed by atoms with E-state index in [0.717, 1.165) is 25.9 Å². The lowest BCUT2D eigenvalue weighted by molar-refractivity contribution is -0.142. The smallest absolute Gasteiger partial charge is 0.325 e. The van der Waals surface area contributed by atoms with Crippen LogP contribution in [0.25, 0.3) is 0 Å². The van der Waals surface area contributed by atoms with E-state index in [4.69, 9.17) is 0 Å². The SMILES string of the molecule is CC(C)C(=O)N1CCC2(CC1)NC(=O)N(C1CCN(C(=O)[C@H](C)N3CCCC3)CC1)C2=O. The van der Waals surface area contributed by atoms with Gasteiger partial charge >= 0.3 is 6.03 Å². The van der Waals surface area contributed by atoms with Gasteiger partial charge in [0, 0.05) is 38.1 Å². The second-order valence-corrected chi connectivity index (χ2v) is 10.1. The first-order valence-electron chi connectivity index (χ1n) is 12.2. The van der Waals surface area contributed by atoms with Gasteiger partial charge in [-0.3, -0.25) is 24.2 Å². The van der Waals surface area contributed by atoms with E-state index >= 15 is 0 Å². The summed E-state index contributed by atoms with van der Waals surface area (Å²) in [6, 6.07) is -0.607. The third kappa shape index (κ3) is 4.11. The largest absolute Gasteiger partial charge is 0.342 e. The zero-order chi connectivity index (χ0) is 23.0. The van der Waals surface area contributed by atoms with E-state index < -0.39 is 5.54 Å². The van der Waals surface area contributed by atoms with Gasteiger partial charge in [-0.25, -0.2) is 4.79 Å². The second kappa shape index (κ2) is 9.00. The molecule has 9 nitrogen and oxygen atoms in total. The second-order valence-electron chi connectivity index (χ2n) is 10.1. The molecule has 4 saturated heterocycles. The summed E-state index contributed by atoms with van der Waals surface area (Å²) < 4.78 is 0. The molecule has 4 fully saturated rings. The molecule has 178 valence electrons. The summed E-state index contributed by atoms with van der Waals surface area (Å²) in [6.45, 7) is 9.81. The van der Waals surface area contributed by atoms with Crippen molar-refractivity contribution in [2.45, 2.75) is 76.9 Å². The van der Waals surface area contributed by atoms with Crippen LogP contribution in [0.5, 0.6) is 0 Å². The Morgan fingerprint density at radius 1 is 0.875 bits per heavy atom. The highest BCUT2D eigenvalue weighted by atomic mass is 16.2. The molecule has 4 rings (SSSR count). The molecule has 32 heavy (non-hydrogen) atoms. The maximum Gasteiger partial charge on any atom is 0.325 e. The van der Waals surface area contributed by atoms with Crippen molar-refractivity contribution in [2.75, 3.05) is 39.3 Å². The predicted molar refractivity (Wildman–Crippen MR) is 119 cm³/mol. The van der Waals surface area contributed by atoms with Gasteiger partial charge < -0.3 is 15.1 Å². The van der Waals surface area contributed by atoms with Crippen LogP contribution in [0.2, 0.25) is 0 Å². The van der Waals surface area contributed by atoms with Crippen molar-refractivity contribution in [3.05, 3.63) is 0 Å². The van der Waals surface area contributed by atoms with Crippen molar-refractivity contribution in [3.8, 4) is 0 Å². The van der Waals surface area contributed by atoms with Gasteiger partial charge in [-0.15, -0.1) is 0 Å². The fraction of sp³-hybridized carbons (Fsp3) is 0.826. The molecule has 5 amide bonds. The summed E-state index contributed by atoms with van der Waals surface area (Å²) in [4.78, 5) is 58.7. The van der Waals surface area contributed by atoms with E-state index in [1.807, 2.05) is 25.7 Å². The molecule has 0 bridgehead atoms. The molecule has 4 heterocycles. The molecule has 0 unspecified atom stereocenters. The highest BCUT2D eigenvalue weighted by molar-refractivity contribution is 6.07. The number of hydrogen-bond donors (Lipinski definition) is 1. The average Bonchev–Trinajstić information content (AvgIpc) is 3.40. The van der Waals surface area contributed by atoms with Crippen LogP contribution in [0.3, 0.4) is 0 Å². The van der Waals surface area contributed by atoms with E-state index in [0.29, 0.717) is 51.9 Å². The standard InChI is InChI=1S/C23H37N5O4/c1-16(2)19(29)27-14-8-23(9-15-27)21(31)28(22(32)24-23)18-6-12-26(13-7-18)20(30)17(3)25-10-4-5-11-25/h16-18H,4-15H2,1-3H3,(H,24,32)/t17-/m0/s1. The molecule has 1 atom stereocenters. The Hall–Kier alpha value is -2.16. The number of hydrogen-bond acceptors (Lipinski definition) is 5. The van der Waals surface area contributed by atoms with Crippen molar-refractivity contribution < 1.29 is 19.2 Å². The van der Waals surface area contributed by atoms with Gasteiger partial charge in [0.05, 0.1) is 6.04 Å². The van der Waals surface area contributed by atoms with Gasteiger partial charge in [0.2, 0.25) is 11.8 Å². The van der Waals surface area contributed by atoms with E-state index in [9.17, 15) is 19.2 Å². The van der Waals surface area contributed by atoms with Gasteiger partial charge in [0.1, 0.15) is 5.54 Å². The maximum absolute atomic E-state index is 13.4. The number of rotatable bonds is 4. The molecule has 0 aromatic carbocycles. The third-order valence-corrected chi connectivity index (χ3v) is 7.80. The minimum atomic E-state index is -0.887. The quantitative estimate of drug-likeness (QED) is 0.650. The first kappa shape index (κ1) is 23.0. The first-order valence-corrected chi connectivity index (χ1v) is 12.2. The van der Waals surface area contributed by atoms with Crippen LogP contribution in [-0.2, 0) is 14.4 Å². The maximum atomic E-state index is 13.4. The first-order chi connectivity index (χ1) is 15.2. The number of nitrogens with one attached hydrogen (secondary N) is 1. The van der Waals surface area contributed by atoms with Crippen molar-refractivity contribution in [1.29, 1.82) is 0 Å². The highest BCUT2D eigenvalue weighted by Gasteiger charge is 2.54. The Kier molecular flexibility index (Phi) is 6.47. The molecule has 0 saturated carbocycles. The lowest BCUT2D eigenvalue weighted by atomic mass is 9.86. The van der Waals surface area contributed by atoms with Gasteiger partial charge in [-0.2, -0.15) is 0 Å². The molecule has 1 N–H and O–H groups in total. The van der Waals surface area contributed by atoms with Crippen molar-refractivity contribution >= 4 is 23.8 Å². The lowest BCUT2D eigenvalue weighted by Gasteiger charge is -2.39. The number of urea groups is 1. The van der Waals surface area contributed by atoms with E-state index in [-0.39, 0.29) is 41.8 Å². The summed E-state index contributed by atoms with van der Waals surface area (Å²) in [6.07, 6.45) is 4.44. The van der Waals surface area contributed by atoms with Crippen LogP contribution in [0.15, 0.2) is 0 Å². The predicted octanol–water partition coefficient (Wildman–Crippen LogP) is 1.03. The molecule has 9 heteroatoms. The average molecular weight is 448 g/mol. The number of piperidine rings is 2. The topological polar surface area (TPSA) is 93.3 Å². The van der Waals surface area contributed by atoms with Crippen molar-refractivity contribution in [2.24, 2.45) is 5.92 Å². The summed E-state index contributed by atoms with van der Waals surface area (Å²) in [7, 11) is 0. The lowest BCUT2D eigenvalue weighted by Crippen LogP contribution is -2.57. The highest BCUT2D eigenvalue weighted by Crippen LogP contribution is 2.33. The van der Waals surface area contributed by atoms with Crippen LogP contribution < -0.4 is 5.32 Å². The zero-order valence-electron chi connectivity index (χ0n) is 19.6. The summed E-state index contributed by atoms with van der Waals surface area (Å²) >= 11 is 0. The minimum absolute atomic E-state index is 0.0736. The van der Waals surface area contributed by atoms with Gasteiger partial charge in [0.15, 0.2) is 0 Å². The molecule has 1 spiro atoms. The number of likely N-dealkylation sites (tertiary alicyclic amines) is 3. The molecule has 4 aliphatic heterocycles. The molecule has 0 aromatic rings. The van der Waals surface area contributed by atoms with Crippen LogP contribution in [0.4, 0.5) is 4.79 Å². The van der Waals surface area contributed by atoms with Crippen LogP contribution >= 0.6 is 0 Å². The van der Waals surface area contributed by atoms with Gasteiger partial charge in [-0.1, -0.05) is 13.8 Å². The molecule has 0 radical (unpaired) electrons. The fourth-order valence-electron chi connectivity index (χ4n) is 5.68. The summed E-state index contributed by atoms with van der Waals surface area (Å²) in [5.74, 6) is 0.0137. The third-order valence-electron chi connectivity index (χ3n) is 7.80. The van der Waals surface area contributed by atoms with Crippen molar-refractivity contribution in [3.63, 3.8) is 0 Å². The molecule has 0 aromatic heterocycles. The fourth-order valence-corrected chi connectivity index (χ4v) is 5.68. The minimum Gasteiger partial charge on any atom is -0.342 e. The molecular weight excluding hydrogens is 410 g/mol. The number of nitrogens with zero attached hydrogens (tertiary/aromatic N) is 4. The van der Waals surface area contributed by atoms with Gasteiger partial charge in [-0.05, 0) is 58.5 Å². The Labute approximate surface area is 190 Å². The van der Waals surface area contributed by atoms with Crippen molar-refractivity contribution in [1.82, 2.24) is 24.9 Å². The van der Waals surface area contributed by atoms with Crippen LogP contribution in [0, 0.1) is 5.92 Å². The van der Waals surface area contributed by atoms with Crippen LogP contribution in [0.1, 0.15) is 59.3 Å². The zero-order valence-corrected chi connectivity index (χ0v) is 19.6. The Balaban J connectivity index is 1.33. The number of carbonyl (C=O) groups excluding carboxylic acids is 4. The summed E-state index contributed by atoms with van der Waals surface area (Å²) in [5.41, 5.74) is -0.887. The number of imide groups is 1. The Bertz CT molecular complexity index is 762. The van der Waals surface area contributed by atoms with E-state index in [1.54, 1.807) is 4.90 Å².